The summed E-state index contributed by atoms with van der Waals surface area (Å²) in [5.41, 5.74) is 1.05. The fraction of sp³-hybridized carbons (Fsp3) is 0.524. The van der Waals surface area contributed by atoms with Crippen LogP contribution in [0.4, 0.5) is 5.69 Å². The van der Waals surface area contributed by atoms with Crippen molar-refractivity contribution in [3.63, 3.8) is 0 Å². The molecule has 4 rings (SSSR count). The van der Waals surface area contributed by atoms with Crippen molar-refractivity contribution in [3.05, 3.63) is 29.3 Å². The summed E-state index contributed by atoms with van der Waals surface area (Å²) >= 11 is 0. The quantitative estimate of drug-likeness (QED) is 0.321. The highest BCUT2D eigenvalue weighted by Gasteiger charge is 2.45. The van der Waals surface area contributed by atoms with Gasteiger partial charge >= 0.3 is 0 Å². The van der Waals surface area contributed by atoms with E-state index in [0.717, 1.165) is 31.0 Å². The topological polar surface area (TPSA) is 129 Å². The average molecular weight is 429 g/mol. The Balaban J connectivity index is 1.33. The Kier molecular flexibility index (Phi) is 6.59. The zero-order valence-corrected chi connectivity index (χ0v) is 17.2. The molecule has 0 aromatic heterocycles. The molecule has 1 aromatic carbocycles. The van der Waals surface area contributed by atoms with E-state index in [9.17, 15) is 19.2 Å². The van der Waals surface area contributed by atoms with Crippen molar-refractivity contribution < 1.29 is 23.9 Å². The number of hydrogen-bond donors (Lipinski definition) is 4. The van der Waals surface area contributed by atoms with Crippen LogP contribution in [0.1, 0.15) is 40.0 Å². The summed E-state index contributed by atoms with van der Waals surface area (Å²) < 4.78 is 5.69. The molecule has 2 atom stereocenters. The molecular formula is C21H27N5O5. The minimum absolute atomic E-state index is 0.0959. The van der Waals surface area contributed by atoms with E-state index in [0.29, 0.717) is 31.5 Å². The molecule has 10 nitrogen and oxygen atoms in total. The number of fused-ring (bicyclic) bond motifs is 1. The number of hydrogen-bond acceptors (Lipinski definition) is 8. The third-order valence-corrected chi connectivity index (χ3v) is 5.77. The van der Waals surface area contributed by atoms with Crippen molar-refractivity contribution >= 4 is 29.3 Å². The number of imide groups is 2. The predicted octanol–water partition coefficient (Wildman–Crippen LogP) is -0.532. The summed E-state index contributed by atoms with van der Waals surface area (Å²) in [4.78, 5) is 50.4. The lowest BCUT2D eigenvalue weighted by Crippen LogP contribution is -2.54. The van der Waals surface area contributed by atoms with Gasteiger partial charge in [-0.25, -0.2) is 0 Å². The van der Waals surface area contributed by atoms with Gasteiger partial charge in [0.1, 0.15) is 6.04 Å². The maximum atomic E-state index is 13.0. The Morgan fingerprint density at radius 3 is 2.74 bits per heavy atom. The molecule has 1 aromatic rings. The molecule has 3 aliphatic rings. The molecule has 0 radical (unpaired) electrons. The van der Waals surface area contributed by atoms with Crippen molar-refractivity contribution in [1.82, 2.24) is 20.9 Å². The molecule has 4 N–H and O–H groups in total. The highest BCUT2D eigenvalue weighted by molar-refractivity contribution is 6.25. The number of rotatable bonds is 8. The van der Waals surface area contributed by atoms with Crippen LogP contribution in [-0.4, -0.2) is 80.0 Å². The van der Waals surface area contributed by atoms with Crippen molar-refractivity contribution in [2.24, 2.45) is 0 Å². The summed E-state index contributed by atoms with van der Waals surface area (Å²) in [6.07, 6.45) is 1.15. The average Bonchev–Trinajstić information content (AvgIpc) is 3.02. The zero-order valence-electron chi connectivity index (χ0n) is 17.2. The van der Waals surface area contributed by atoms with Gasteiger partial charge in [0.05, 0.1) is 17.7 Å². The van der Waals surface area contributed by atoms with E-state index >= 15 is 0 Å². The fourth-order valence-electron chi connectivity index (χ4n) is 4.17. The van der Waals surface area contributed by atoms with E-state index in [-0.39, 0.29) is 24.0 Å². The Hall–Kier alpha value is -2.82. The number of nitrogens with zero attached hydrogens (tertiary/aromatic N) is 1. The van der Waals surface area contributed by atoms with Gasteiger partial charge in [0.2, 0.25) is 11.8 Å². The Labute approximate surface area is 180 Å². The number of piperidine rings is 1. The number of piperazine rings is 1. The first kappa shape index (κ1) is 21.4. The van der Waals surface area contributed by atoms with Crippen LogP contribution in [0.15, 0.2) is 18.2 Å². The van der Waals surface area contributed by atoms with Crippen LogP contribution in [0, 0.1) is 0 Å². The first-order chi connectivity index (χ1) is 15.1. The largest absolute Gasteiger partial charge is 0.382 e. The van der Waals surface area contributed by atoms with Gasteiger partial charge in [-0.2, -0.15) is 0 Å². The molecule has 31 heavy (non-hydrogen) atoms. The molecular weight excluding hydrogens is 402 g/mol. The summed E-state index contributed by atoms with van der Waals surface area (Å²) in [5, 5.41) is 12.1. The lowest BCUT2D eigenvalue weighted by molar-refractivity contribution is -0.136. The second-order valence-electron chi connectivity index (χ2n) is 7.86. The highest BCUT2D eigenvalue weighted by Crippen LogP contribution is 2.32. The van der Waals surface area contributed by atoms with E-state index in [4.69, 9.17) is 4.74 Å². The molecule has 2 fully saturated rings. The van der Waals surface area contributed by atoms with E-state index in [1.165, 1.54) is 0 Å². The van der Waals surface area contributed by atoms with Crippen LogP contribution in [0.3, 0.4) is 0 Å². The lowest BCUT2D eigenvalue weighted by atomic mass is 10.0. The van der Waals surface area contributed by atoms with Crippen LogP contribution < -0.4 is 21.3 Å². The van der Waals surface area contributed by atoms with Gasteiger partial charge in [0.25, 0.3) is 11.8 Å². The van der Waals surface area contributed by atoms with Crippen molar-refractivity contribution in [1.29, 1.82) is 0 Å². The predicted molar refractivity (Wildman–Crippen MR) is 112 cm³/mol. The van der Waals surface area contributed by atoms with Crippen molar-refractivity contribution in [2.75, 3.05) is 44.7 Å². The van der Waals surface area contributed by atoms with Crippen molar-refractivity contribution in [2.45, 2.75) is 31.3 Å². The zero-order chi connectivity index (χ0) is 21.8. The number of carbonyl (C=O) groups is 4. The van der Waals surface area contributed by atoms with Gasteiger partial charge in [0.15, 0.2) is 0 Å². The van der Waals surface area contributed by atoms with Gasteiger partial charge in [-0.15, -0.1) is 0 Å². The molecule has 4 amide bonds. The van der Waals surface area contributed by atoms with Gasteiger partial charge in [-0.05, 0) is 25.0 Å². The van der Waals surface area contributed by atoms with Crippen LogP contribution in [0.2, 0.25) is 0 Å². The molecule has 0 bridgehead atoms. The van der Waals surface area contributed by atoms with Crippen LogP contribution in [-0.2, 0) is 14.3 Å². The van der Waals surface area contributed by atoms with E-state index in [1.807, 2.05) is 0 Å². The number of nitrogens with one attached hydrogen (secondary N) is 4. The molecule has 3 aliphatic heterocycles. The Bertz CT molecular complexity index is 883. The second kappa shape index (κ2) is 9.54. The fourth-order valence-corrected chi connectivity index (χ4v) is 4.17. The second-order valence-corrected chi connectivity index (χ2v) is 7.86. The molecule has 10 heteroatoms. The first-order valence-corrected chi connectivity index (χ1v) is 10.7. The third kappa shape index (κ3) is 4.60. The Morgan fingerprint density at radius 1 is 1.10 bits per heavy atom. The minimum atomic E-state index is -0.968. The maximum absolute atomic E-state index is 13.0. The molecule has 166 valence electrons. The number of amides is 4. The van der Waals surface area contributed by atoms with E-state index < -0.39 is 29.7 Å². The van der Waals surface area contributed by atoms with Gasteiger partial charge < -0.3 is 20.7 Å². The molecule has 0 spiro atoms. The molecule has 2 unspecified atom stereocenters. The first-order valence-electron chi connectivity index (χ1n) is 10.7. The molecule has 0 aliphatic carbocycles. The van der Waals surface area contributed by atoms with Crippen LogP contribution >= 0.6 is 0 Å². The number of carbonyl (C=O) groups excluding carboxylic acids is 4. The van der Waals surface area contributed by atoms with Gasteiger partial charge in [-0.3, -0.25) is 29.4 Å². The van der Waals surface area contributed by atoms with Gasteiger partial charge in [-0.1, -0.05) is 6.07 Å². The molecule has 2 saturated heterocycles. The van der Waals surface area contributed by atoms with Crippen LogP contribution in [0.25, 0.3) is 0 Å². The Morgan fingerprint density at radius 2 is 1.97 bits per heavy atom. The summed E-state index contributed by atoms with van der Waals surface area (Å²) in [6, 6.07) is 4.46. The number of benzene rings is 1. The summed E-state index contributed by atoms with van der Waals surface area (Å²) in [6.45, 7) is 4.47. The third-order valence-electron chi connectivity index (χ3n) is 5.77. The molecule has 0 saturated carbocycles. The normalized spacial score (nSPS) is 23.7. The SMILES string of the molecule is O=C1CCC(N2C(=O)c3cccc(NCCOCCC4CNCCN4)c3C2=O)C(=O)N1. The van der Waals surface area contributed by atoms with Crippen molar-refractivity contribution in [3.8, 4) is 0 Å². The minimum Gasteiger partial charge on any atom is -0.382 e. The summed E-state index contributed by atoms with van der Waals surface area (Å²) in [5.74, 6) is -2.04. The summed E-state index contributed by atoms with van der Waals surface area (Å²) in [7, 11) is 0. The monoisotopic (exact) mass is 429 g/mol. The highest BCUT2D eigenvalue weighted by atomic mass is 16.5. The lowest BCUT2D eigenvalue weighted by Gasteiger charge is -2.27. The van der Waals surface area contributed by atoms with Crippen LogP contribution in [0.5, 0.6) is 0 Å². The molecule has 3 heterocycles. The van der Waals surface area contributed by atoms with E-state index in [2.05, 4.69) is 21.3 Å². The number of ether oxygens (including phenoxy) is 1. The maximum Gasteiger partial charge on any atom is 0.264 e. The van der Waals surface area contributed by atoms with Gasteiger partial charge in [0, 0.05) is 50.9 Å². The number of anilines is 1. The standard InChI is InChI=1S/C21H27N5O5/c27-17-5-4-16(19(28)25-17)26-20(29)14-2-1-3-15(18(14)21(26)30)24-9-11-31-10-6-13-12-22-7-8-23-13/h1-3,13,16,22-24H,4-12H2,(H,25,27,28). The smallest absolute Gasteiger partial charge is 0.264 e. The van der Waals surface area contributed by atoms with E-state index in [1.54, 1.807) is 18.2 Å².